The van der Waals surface area contributed by atoms with E-state index in [-0.39, 0.29) is 12.4 Å². The number of aliphatic hydroxyl groups is 1. The summed E-state index contributed by atoms with van der Waals surface area (Å²) in [4.78, 5) is 1.94. The van der Waals surface area contributed by atoms with E-state index >= 15 is 0 Å². The molecular weight excluding hydrogens is 290 g/mol. The number of ether oxygens (including phenoxy) is 1. The molecule has 0 saturated heterocycles. The molecular formula is C15H21NO4S. The molecule has 6 heteroatoms. The van der Waals surface area contributed by atoms with Crippen LogP contribution in [-0.2, 0) is 16.4 Å². The first-order valence-corrected chi connectivity index (χ1v) is 8.54. The van der Waals surface area contributed by atoms with Gasteiger partial charge in [0, 0.05) is 19.3 Å². The van der Waals surface area contributed by atoms with Gasteiger partial charge in [0.05, 0.1) is 18.4 Å². The third-order valence-electron chi connectivity index (χ3n) is 2.86. The van der Waals surface area contributed by atoms with Crippen molar-refractivity contribution in [2.24, 2.45) is 0 Å². The van der Waals surface area contributed by atoms with Crippen LogP contribution in [-0.4, -0.2) is 57.7 Å². The van der Waals surface area contributed by atoms with Crippen molar-refractivity contribution in [1.82, 2.24) is 4.90 Å². The van der Waals surface area contributed by atoms with Gasteiger partial charge in [0.15, 0.2) is 0 Å². The molecule has 0 heterocycles. The molecule has 1 aromatic carbocycles. The molecule has 0 saturated carbocycles. The second kappa shape index (κ2) is 8.03. The van der Waals surface area contributed by atoms with E-state index in [4.69, 9.17) is 9.84 Å². The first kappa shape index (κ1) is 17.5. The van der Waals surface area contributed by atoms with Crippen molar-refractivity contribution in [3.8, 4) is 17.6 Å². The molecule has 1 rings (SSSR count). The Hall–Kier alpha value is -1.55. The van der Waals surface area contributed by atoms with E-state index < -0.39 is 9.84 Å². The highest BCUT2D eigenvalue weighted by molar-refractivity contribution is 7.90. The first-order chi connectivity index (χ1) is 9.85. The van der Waals surface area contributed by atoms with Crippen molar-refractivity contribution in [2.75, 3.05) is 39.3 Å². The van der Waals surface area contributed by atoms with Crippen molar-refractivity contribution in [2.45, 2.75) is 6.54 Å². The minimum atomic E-state index is -2.95. The molecule has 0 unspecified atom stereocenters. The van der Waals surface area contributed by atoms with Gasteiger partial charge in [0.1, 0.15) is 22.2 Å². The predicted molar refractivity (Wildman–Crippen MR) is 83.0 cm³/mol. The second-order valence-electron chi connectivity index (χ2n) is 4.86. The van der Waals surface area contributed by atoms with Gasteiger partial charge in [-0.1, -0.05) is 17.9 Å². The predicted octanol–water partition coefficient (Wildman–Crippen LogP) is 0.515. The minimum absolute atomic E-state index is 0.136. The largest absolute Gasteiger partial charge is 0.495 e. The Morgan fingerprint density at radius 1 is 1.38 bits per heavy atom. The van der Waals surface area contributed by atoms with Crippen LogP contribution in [0.5, 0.6) is 5.75 Å². The third kappa shape index (κ3) is 6.63. The zero-order valence-electron chi connectivity index (χ0n) is 12.6. The van der Waals surface area contributed by atoms with Gasteiger partial charge < -0.3 is 14.7 Å². The number of sulfone groups is 1. The van der Waals surface area contributed by atoms with E-state index in [1.165, 1.54) is 6.26 Å². The molecule has 0 aliphatic heterocycles. The quantitative estimate of drug-likeness (QED) is 0.776. The van der Waals surface area contributed by atoms with Gasteiger partial charge in [-0.2, -0.15) is 0 Å². The summed E-state index contributed by atoms with van der Waals surface area (Å²) >= 11 is 0. The first-order valence-electron chi connectivity index (χ1n) is 6.48. The Kier molecular flexibility index (Phi) is 6.69. The molecule has 5 nitrogen and oxygen atoms in total. The Morgan fingerprint density at radius 2 is 2.10 bits per heavy atom. The molecule has 1 N–H and O–H groups in total. The molecule has 0 amide bonds. The van der Waals surface area contributed by atoms with Crippen molar-refractivity contribution in [1.29, 1.82) is 0 Å². The highest BCUT2D eigenvalue weighted by Gasteiger charge is 2.08. The molecule has 0 radical (unpaired) electrons. The van der Waals surface area contributed by atoms with Crippen LogP contribution in [0, 0.1) is 11.8 Å². The molecule has 0 fully saturated rings. The molecule has 0 aliphatic rings. The fourth-order valence-electron chi connectivity index (χ4n) is 1.80. The summed E-state index contributed by atoms with van der Waals surface area (Å²) in [6.45, 7) is 0.886. The average Bonchev–Trinajstić information content (AvgIpc) is 2.42. The molecule has 116 valence electrons. The summed E-state index contributed by atoms with van der Waals surface area (Å²) in [6.07, 6.45) is 1.23. The number of methoxy groups -OCH3 is 1. The van der Waals surface area contributed by atoms with E-state index in [0.717, 1.165) is 5.56 Å². The number of rotatable bonds is 6. The third-order valence-corrected chi connectivity index (χ3v) is 3.79. The molecule has 1 aromatic rings. The van der Waals surface area contributed by atoms with Gasteiger partial charge in [-0.15, -0.1) is 0 Å². The summed E-state index contributed by atoms with van der Waals surface area (Å²) in [5.41, 5.74) is 1.72. The van der Waals surface area contributed by atoms with Crippen LogP contribution < -0.4 is 4.74 Å². The van der Waals surface area contributed by atoms with Crippen LogP contribution in [0.2, 0.25) is 0 Å². The fourth-order valence-corrected chi connectivity index (χ4v) is 2.44. The lowest BCUT2D eigenvalue weighted by Crippen LogP contribution is -2.24. The smallest absolute Gasteiger partial charge is 0.148 e. The van der Waals surface area contributed by atoms with E-state index in [2.05, 4.69) is 11.8 Å². The lowest BCUT2D eigenvalue weighted by atomic mass is 10.1. The summed E-state index contributed by atoms with van der Waals surface area (Å²) in [5, 5.41) is 8.77. The molecule has 21 heavy (non-hydrogen) atoms. The highest BCUT2D eigenvalue weighted by atomic mass is 32.2. The van der Waals surface area contributed by atoms with Crippen LogP contribution in [0.4, 0.5) is 0 Å². The Bertz CT molecular complexity index is 629. The zero-order chi connectivity index (χ0) is 15.9. The SMILES string of the molecule is COc1ccc(CN(C)CCS(C)(=O)=O)cc1C#CCO. The maximum absolute atomic E-state index is 11.2. The topological polar surface area (TPSA) is 66.8 Å². The van der Waals surface area contributed by atoms with Crippen LogP contribution in [0.3, 0.4) is 0 Å². The van der Waals surface area contributed by atoms with Gasteiger partial charge in [-0.3, -0.25) is 0 Å². The van der Waals surface area contributed by atoms with Crippen LogP contribution >= 0.6 is 0 Å². The lowest BCUT2D eigenvalue weighted by Gasteiger charge is -2.16. The molecule has 0 spiro atoms. The normalized spacial score (nSPS) is 11.1. The van der Waals surface area contributed by atoms with Crippen molar-refractivity contribution < 1.29 is 18.3 Å². The summed E-state index contributed by atoms with van der Waals surface area (Å²) in [6, 6.07) is 5.62. The van der Waals surface area contributed by atoms with E-state index in [0.29, 0.717) is 24.4 Å². The summed E-state index contributed by atoms with van der Waals surface area (Å²) < 4.78 is 27.5. The number of hydrogen-bond donors (Lipinski definition) is 1. The summed E-state index contributed by atoms with van der Waals surface area (Å²) in [5.74, 6) is 6.23. The highest BCUT2D eigenvalue weighted by Crippen LogP contribution is 2.19. The van der Waals surface area contributed by atoms with Crippen molar-refractivity contribution >= 4 is 9.84 Å². The Morgan fingerprint density at radius 3 is 2.67 bits per heavy atom. The lowest BCUT2D eigenvalue weighted by molar-refractivity contribution is 0.346. The van der Waals surface area contributed by atoms with Crippen molar-refractivity contribution in [3.05, 3.63) is 29.3 Å². The fraction of sp³-hybridized carbons (Fsp3) is 0.467. The van der Waals surface area contributed by atoms with E-state index in [1.807, 2.05) is 30.1 Å². The van der Waals surface area contributed by atoms with E-state index in [1.54, 1.807) is 7.11 Å². The molecule has 0 aliphatic carbocycles. The number of aliphatic hydroxyl groups excluding tert-OH is 1. The molecule has 0 bridgehead atoms. The maximum Gasteiger partial charge on any atom is 0.148 e. The van der Waals surface area contributed by atoms with Crippen LogP contribution in [0.15, 0.2) is 18.2 Å². The van der Waals surface area contributed by atoms with Gasteiger partial charge in [-0.25, -0.2) is 8.42 Å². The van der Waals surface area contributed by atoms with E-state index in [9.17, 15) is 8.42 Å². The van der Waals surface area contributed by atoms with Crippen molar-refractivity contribution in [3.63, 3.8) is 0 Å². The number of nitrogens with zero attached hydrogens (tertiary/aromatic N) is 1. The van der Waals surface area contributed by atoms with Gasteiger partial charge >= 0.3 is 0 Å². The minimum Gasteiger partial charge on any atom is -0.495 e. The zero-order valence-corrected chi connectivity index (χ0v) is 13.4. The molecule has 0 atom stereocenters. The van der Waals surface area contributed by atoms with Gasteiger partial charge in [-0.05, 0) is 24.7 Å². The second-order valence-corrected chi connectivity index (χ2v) is 7.12. The Labute approximate surface area is 126 Å². The van der Waals surface area contributed by atoms with Crippen LogP contribution in [0.1, 0.15) is 11.1 Å². The summed E-state index contributed by atoms with van der Waals surface area (Å²) in [7, 11) is 0.482. The number of hydrogen-bond acceptors (Lipinski definition) is 5. The van der Waals surface area contributed by atoms with Crippen LogP contribution in [0.25, 0.3) is 0 Å². The standard InChI is InChI=1S/C15H21NO4S/c1-16(8-10-21(3,18)19)12-13-6-7-15(20-2)14(11-13)5-4-9-17/h6-7,11,17H,8-10,12H2,1-3H3. The molecule has 0 aromatic heterocycles. The van der Waals surface area contributed by atoms with Gasteiger partial charge in [0.25, 0.3) is 0 Å². The number of benzene rings is 1. The average molecular weight is 311 g/mol. The maximum atomic E-state index is 11.2. The Balaban J connectivity index is 2.79. The van der Waals surface area contributed by atoms with Gasteiger partial charge in [0.2, 0.25) is 0 Å². The monoisotopic (exact) mass is 311 g/mol.